The highest BCUT2D eigenvalue weighted by Gasteiger charge is 2.48. The Morgan fingerprint density at radius 3 is 2.77 bits per heavy atom. The Labute approximate surface area is 174 Å². The van der Waals surface area contributed by atoms with Gasteiger partial charge in [0.1, 0.15) is 23.2 Å². The minimum Gasteiger partial charge on any atom is -0.461 e. The van der Waals surface area contributed by atoms with E-state index < -0.39 is 17.5 Å². The van der Waals surface area contributed by atoms with Crippen LogP contribution in [0.3, 0.4) is 0 Å². The molecule has 0 amide bonds. The lowest BCUT2D eigenvalue weighted by Crippen LogP contribution is -2.50. The van der Waals surface area contributed by atoms with Crippen molar-refractivity contribution < 1.29 is 13.9 Å². The van der Waals surface area contributed by atoms with E-state index >= 15 is 0 Å². The van der Waals surface area contributed by atoms with Gasteiger partial charge in [0.2, 0.25) is 5.79 Å². The molecule has 0 spiro atoms. The molecule has 5 nitrogen and oxygen atoms in total. The van der Waals surface area contributed by atoms with E-state index in [1.165, 1.54) is 0 Å². The number of nitriles is 1. The van der Waals surface area contributed by atoms with E-state index in [2.05, 4.69) is 13.0 Å². The van der Waals surface area contributed by atoms with E-state index in [-0.39, 0.29) is 0 Å². The second kappa shape index (κ2) is 7.16. The van der Waals surface area contributed by atoms with Crippen LogP contribution in [0, 0.1) is 11.3 Å². The monoisotopic (exact) mass is 399 g/mol. The molecule has 3 aromatic rings. The van der Waals surface area contributed by atoms with Gasteiger partial charge in [-0.1, -0.05) is 49.7 Å². The fraction of sp³-hybridized carbons (Fsp3) is 0.280. The normalized spacial score (nSPS) is 21.1. The quantitative estimate of drug-likeness (QED) is 0.609. The van der Waals surface area contributed by atoms with Gasteiger partial charge in [0.05, 0.1) is 11.6 Å². The summed E-state index contributed by atoms with van der Waals surface area (Å²) in [5.41, 5.74) is 3.21. The van der Waals surface area contributed by atoms with Crippen molar-refractivity contribution in [1.82, 2.24) is 0 Å². The molecule has 0 saturated heterocycles. The summed E-state index contributed by atoms with van der Waals surface area (Å²) in [6.07, 6.45) is 2.61. The molecule has 2 aliphatic rings. The minimum absolute atomic E-state index is 0.382. The molecule has 2 aliphatic heterocycles. The predicted molar refractivity (Wildman–Crippen MR) is 111 cm³/mol. The van der Waals surface area contributed by atoms with E-state index in [0.717, 1.165) is 29.5 Å². The molecule has 2 atom stereocenters. The summed E-state index contributed by atoms with van der Waals surface area (Å²) in [6.45, 7) is 2.12. The number of ether oxygens (including phenoxy) is 2. The highest BCUT2D eigenvalue weighted by Crippen LogP contribution is 2.49. The number of hydrogen-bond acceptors (Lipinski definition) is 5. The first-order chi connectivity index (χ1) is 14.6. The fourth-order valence-electron chi connectivity index (χ4n) is 4.36. The van der Waals surface area contributed by atoms with Gasteiger partial charge in [-0.3, -0.25) is 0 Å². The van der Waals surface area contributed by atoms with Crippen molar-refractivity contribution in [3.05, 3.63) is 87.3 Å². The van der Waals surface area contributed by atoms with Crippen LogP contribution in [0.15, 0.2) is 63.8 Å². The van der Waals surface area contributed by atoms with Gasteiger partial charge in [-0.2, -0.15) is 5.26 Å². The molecular weight excluding hydrogens is 378 g/mol. The van der Waals surface area contributed by atoms with E-state index in [4.69, 9.17) is 13.9 Å². The van der Waals surface area contributed by atoms with Gasteiger partial charge in [0.25, 0.3) is 0 Å². The summed E-state index contributed by atoms with van der Waals surface area (Å²) in [7, 11) is 0. The van der Waals surface area contributed by atoms with Crippen LogP contribution in [-0.2, 0) is 11.2 Å². The number of fused-ring (bicyclic) bond motifs is 6. The van der Waals surface area contributed by atoms with Crippen LogP contribution in [0.25, 0.3) is 11.3 Å². The van der Waals surface area contributed by atoms with Crippen molar-refractivity contribution in [1.29, 1.82) is 5.26 Å². The molecule has 0 aliphatic carbocycles. The number of benzene rings is 2. The number of hydrogen-bond donors (Lipinski definition) is 0. The highest BCUT2D eigenvalue weighted by atomic mass is 16.7. The first-order valence-corrected chi connectivity index (χ1v) is 10.3. The molecule has 0 unspecified atom stereocenters. The average molecular weight is 399 g/mol. The fourth-order valence-corrected chi connectivity index (χ4v) is 4.36. The van der Waals surface area contributed by atoms with Crippen LogP contribution in [0.4, 0.5) is 0 Å². The van der Waals surface area contributed by atoms with Gasteiger partial charge >= 0.3 is 5.63 Å². The largest absolute Gasteiger partial charge is 0.461 e. The molecule has 2 aromatic carbocycles. The smallest absolute Gasteiger partial charge is 0.346 e. The summed E-state index contributed by atoms with van der Waals surface area (Å²) >= 11 is 0. The zero-order chi connectivity index (χ0) is 20.7. The van der Waals surface area contributed by atoms with Crippen molar-refractivity contribution in [2.45, 2.75) is 44.5 Å². The van der Waals surface area contributed by atoms with Crippen LogP contribution in [-0.4, -0.2) is 5.79 Å². The first-order valence-electron chi connectivity index (χ1n) is 10.3. The molecule has 0 fully saturated rings. The second-order valence-electron chi connectivity index (χ2n) is 7.86. The van der Waals surface area contributed by atoms with Crippen LogP contribution >= 0.6 is 0 Å². The van der Waals surface area contributed by atoms with Crippen molar-refractivity contribution in [3.8, 4) is 23.1 Å². The lowest BCUT2D eigenvalue weighted by molar-refractivity contribution is -0.233. The Hall–Kier alpha value is -3.36. The molecule has 150 valence electrons. The summed E-state index contributed by atoms with van der Waals surface area (Å²) in [5.74, 6) is 0.147. The minimum atomic E-state index is -0.851. The third-order valence-corrected chi connectivity index (χ3v) is 5.82. The molecule has 0 N–H and O–H groups in total. The van der Waals surface area contributed by atoms with Gasteiger partial charge < -0.3 is 13.9 Å². The second-order valence-corrected chi connectivity index (χ2v) is 7.86. The Kier molecular flexibility index (Phi) is 4.45. The lowest BCUT2D eigenvalue weighted by Gasteiger charge is -2.46. The first kappa shape index (κ1) is 18.7. The van der Waals surface area contributed by atoms with Crippen LogP contribution in [0.5, 0.6) is 5.75 Å². The average Bonchev–Trinajstić information content (AvgIpc) is 2.77. The lowest BCUT2D eigenvalue weighted by atomic mass is 9.85. The van der Waals surface area contributed by atoms with Gasteiger partial charge in [0, 0.05) is 24.5 Å². The standard InChI is InChI=1S/C25H21NO4/c1-2-3-11-25-14-18-12-16(15-26)9-10-19(18)23(30-25)22-21(29-25)13-20(28-24(22)27)17-7-5-4-6-8-17/h4-10,12-13,23H,2-3,11,14H2,1H3/t23-,25+/m0/s1. The molecule has 2 bridgehead atoms. The number of unbranched alkanes of at least 4 members (excludes halogenated alkanes) is 1. The third-order valence-electron chi connectivity index (χ3n) is 5.82. The Bertz CT molecular complexity index is 1210. The summed E-state index contributed by atoms with van der Waals surface area (Å²) < 4.78 is 18.5. The van der Waals surface area contributed by atoms with E-state index in [9.17, 15) is 10.1 Å². The maximum atomic E-state index is 13.0. The maximum absolute atomic E-state index is 13.0. The third kappa shape index (κ3) is 3.01. The van der Waals surface area contributed by atoms with Gasteiger partial charge in [-0.25, -0.2) is 4.79 Å². The van der Waals surface area contributed by atoms with Gasteiger partial charge in [-0.15, -0.1) is 0 Å². The molecule has 5 heteroatoms. The molecule has 0 saturated carbocycles. The zero-order valence-electron chi connectivity index (χ0n) is 16.7. The molecular formula is C25H21NO4. The number of rotatable bonds is 4. The maximum Gasteiger partial charge on any atom is 0.346 e. The van der Waals surface area contributed by atoms with Crippen LogP contribution < -0.4 is 10.4 Å². The van der Waals surface area contributed by atoms with E-state index in [1.807, 2.05) is 42.5 Å². The molecule has 30 heavy (non-hydrogen) atoms. The Balaban J connectivity index is 1.68. The Morgan fingerprint density at radius 1 is 1.17 bits per heavy atom. The summed E-state index contributed by atoms with van der Waals surface area (Å²) in [4.78, 5) is 13.0. The molecule has 1 aromatic heterocycles. The van der Waals surface area contributed by atoms with Crippen LogP contribution in [0.2, 0.25) is 0 Å². The van der Waals surface area contributed by atoms with Gasteiger partial charge in [-0.05, 0) is 29.7 Å². The van der Waals surface area contributed by atoms with Gasteiger partial charge in [0.15, 0.2) is 0 Å². The van der Waals surface area contributed by atoms with E-state index in [0.29, 0.717) is 35.5 Å². The van der Waals surface area contributed by atoms with E-state index in [1.54, 1.807) is 12.1 Å². The van der Waals surface area contributed by atoms with Crippen molar-refractivity contribution >= 4 is 0 Å². The van der Waals surface area contributed by atoms with Crippen LogP contribution in [0.1, 0.15) is 54.5 Å². The molecule has 0 radical (unpaired) electrons. The summed E-state index contributed by atoms with van der Waals surface area (Å²) in [5, 5.41) is 9.31. The zero-order valence-corrected chi connectivity index (χ0v) is 16.7. The topological polar surface area (TPSA) is 72.5 Å². The Morgan fingerprint density at radius 2 is 2.00 bits per heavy atom. The van der Waals surface area contributed by atoms with Crippen molar-refractivity contribution in [2.24, 2.45) is 0 Å². The van der Waals surface area contributed by atoms with Crippen molar-refractivity contribution in [3.63, 3.8) is 0 Å². The molecule has 3 heterocycles. The molecule has 5 rings (SSSR count). The predicted octanol–water partition coefficient (Wildman–Crippen LogP) is 5.12. The van der Waals surface area contributed by atoms with Crippen molar-refractivity contribution in [2.75, 3.05) is 0 Å². The summed E-state index contributed by atoms with van der Waals surface area (Å²) in [6, 6.07) is 19.0. The highest BCUT2D eigenvalue weighted by molar-refractivity contribution is 5.60. The SMILES string of the molecule is CCCC[C@]12Cc3cc(C#N)ccc3[C@H](O1)c1c(cc(-c3ccccc3)oc1=O)O2. The number of nitrogens with zero attached hydrogens (tertiary/aromatic N) is 1.